The zero-order chi connectivity index (χ0) is 20.8. The van der Waals surface area contributed by atoms with Crippen LogP contribution in [-0.2, 0) is 4.79 Å². The molecule has 0 amide bonds. The van der Waals surface area contributed by atoms with E-state index in [9.17, 15) is 10.1 Å². The smallest absolute Gasteiger partial charge is 0.310 e. The molecule has 0 saturated carbocycles. The van der Waals surface area contributed by atoms with Crippen LogP contribution in [0.3, 0.4) is 0 Å². The third kappa shape index (κ3) is 4.85. The maximum Gasteiger partial charge on any atom is 0.310 e. The van der Waals surface area contributed by atoms with Crippen LogP contribution in [0.1, 0.15) is 37.8 Å². The minimum atomic E-state index is -0.241. The van der Waals surface area contributed by atoms with Crippen molar-refractivity contribution in [1.82, 2.24) is 0 Å². The van der Waals surface area contributed by atoms with Gasteiger partial charge in [-0.1, -0.05) is 13.8 Å². The quantitative estimate of drug-likeness (QED) is 0.339. The summed E-state index contributed by atoms with van der Waals surface area (Å²) in [5.74, 6) is 0.953. The van der Waals surface area contributed by atoms with E-state index in [-0.39, 0.29) is 5.97 Å². The van der Waals surface area contributed by atoms with Crippen LogP contribution >= 0.6 is 11.3 Å². The highest BCUT2D eigenvalue weighted by Gasteiger charge is 2.12. The molecule has 29 heavy (non-hydrogen) atoms. The van der Waals surface area contributed by atoms with Crippen LogP contribution in [0.4, 0.5) is 0 Å². The van der Waals surface area contributed by atoms with Crippen molar-refractivity contribution in [2.45, 2.75) is 33.6 Å². The number of carbonyl (C=O) groups excluding carboxylic acids is 1. The van der Waals surface area contributed by atoms with E-state index in [2.05, 4.69) is 18.2 Å². The summed E-state index contributed by atoms with van der Waals surface area (Å²) in [5.41, 5.74) is 3.68. The highest BCUT2D eigenvalue weighted by molar-refractivity contribution is 7.18. The lowest BCUT2D eigenvalue weighted by atomic mass is 10.1. The number of nitriles is 1. The van der Waals surface area contributed by atoms with Crippen molar-refractivity contribution in [3.8, 4) is 38.4 Å². The molecule has 0 fully saturated rings. The summed E-state index contributed by atoms with van der Waals surface area (Å²) in [7, 11) is 0. The Morgan fingerprint density at radius 1 is 1.07 bits per heavy atom. The molecule has 0 radical (unpaired) electrons. The maximum absolute atomic E-state index is 11.5. The number of ether oxygens (including phenoxy) is 2. The van der Waals surface area contributed by atoms with Crippen molar-refractivity contribution < 1.29 is 14.3 Å². The molecule has 5 heteroatoms. The van der Waals surface area contributed by atoms with Crippen LogP contribution < -0.4 is 9.47 Å². The van der Waals surface area contributed by atoms with Gasteiger partial charge in [0.1, 0.15) is 17.6 Å². The highest BCUT2D eigenvalue weighted by atomic mass is 32.1. The monoisotopic (exact) mass is 405 g/mol. The van der Waals surface area contributed by atoms with Gasteiger partial charge in [-0.3, -0.25) is 4.79 Å². The number of carbonyl (C=O) groups is 1. The summed E-state index contributed by atoms with van der Waals surface area (Å²) in [6, 6.07) is 17.8. The van der Waals surface area contributed by atoms with Gasteiger partial charge in [0, 0.05) is 16.2 Å². The molecule has 0 spiro atoms. The molecule has 3 rings (SSSR count). The Kier molecular flexibility index (Phi) is 6.69. The minimum absolute atomic E-state index is 0.241. The lowest BCUT2D eigenvalue weighted by Crippen LogP contribution is -2.05. The van der Waals surface area contributed by atoms with E-state index in [0.29, 0.717) is 30.1 Å². The summed E-state index contributed by atoms with van der Waals surface area (Å²) < 4.78 is 10.9. The molecule has 0 aliphatic heterocycles. The number of esters is 1. The van der Waals surface area contributed by atoms with Crippen molar-refractivity contribution in [2.24, 2.45) is 0 Å². The van der Waals surface area contributed by atoms with Gasteiger partial charge in [0.15, 0.2) is 0 Å². The van der Waals surface area contributed by atoms with Gasteiger partial charge in [0.05, 0.1) is 12.2 Å². The van der Waals surface area contributed by atoms with Crippen molar-refractivity contribution in [2.75, 3.05) is 6.61 Å². The van der Waals surface area contributed by atoms with E-state index in [4.69, 9.17) is 9.47 Å². The number of nitrogens with zero attached hydrogens (tertiary/aromatic N) is 1. The largest absolute Gasteiger partial charge is 0.492 e. The predicted molar refractivity (Wildman–Crippen MR) is 116 cm³/mol. The maximum atomic E-state index is 11.5. The number of benzene rings is 2. The van der Waals surface area contributed by atoms with Crippen LogP contribution in [0, 0.1) is 18.3 Å². The van der Waals surface area contributed by atoms with Gasteiger partial charge in [-0.25, -0.2) is 0 Å². The third-order valence-electron chi connectivity index (χ3n) is 4.44. The molecule has 0 aliphatic carbocycles. The Morgan fingerprint density at radius 3 is 2.55 bits per heavy atom. The molecule has 1 heterocycles. The Hall–Kier alpha value is -3.10. The molecular formula is C24H23NO3S. The molecule has 1 aromatic heterocycles. The summed E-state index contributed by atoms with van der Waals surface area (Å²) >= 11 is 1.66. The van der Waals surface area contributed by atoms with E-state index < -0.39 is 0 Å². The van der Waals surface area contributed by atoms with E-state index in [1.807, 2.05) is 50.2 Å². The van der Waals surface area contributed by atoms with Gasteiger partial charge in [-0.05, 0) is 78.6 Å². The zero-order valence-electron chi connectivity index (χ0n) is 16.8. The lowest BCUT2D eigenvalue weighted by molar-refractivity contribution is -0.134. The highest BCUT2D eigenvalue weighted by Crippen LogP contribution is 2.38. The first kappa shape index (κ1) is 20.6. The molecule has 0 bridgehead atoms. The summed E-state index contributed by atoms with van der Waals surface area (Å²) in [6.45, 7) is 6.42. The molecule has 0 unspecified atom stereocenters. The zero-order valence-corrected chi connectivity index (χ0v) is 17.6. The molecule has 0 atom stereocenters. The first-order valence-corrected chi connectivity index (χ1v) is 10.5. The second kappa shape index (κ2) is 9.40. The second-order valence-electron chi connectivity index (χ2n) is 6.64. The van der Waals surface area contributed by atoms with E-state index in [1.54, 1.807) is 18.3 Å². The average molecular weight is 406 g/mol. The Bertz CT molecular complexity index is 1060. The molecule has 3 aromatic rings. The van der Waals surface area contributed by atoms with Gasteiger partial charge in [-0.15, -0.1) is 11.3 Å². The fourth-order valence-electron chi connectivity index (χ4n) is 2.93. The minimum Gasteiger partial charge on any atom is -0.492 e. The van der Waals surface area contributed by atoms with Gasteiger partial charge >= 0.3 is 5.97 Å². The molecule has 148 valence electrons. The Balaban J connectivity index is 1.86. The molecule has 0 N–H and O–H groups in total. The molecular weight excluding hydrogens is 382 g/mol. The third-order valence-corrected chi connectivity index (χ3v) is 5.60. The van der Waals surface area contributed by atoms with Crippen LogP contribution in [0.25, 0.3) is 20.9 Å². The van der Waals surface area contributed by atoms with E-state index >= 15 is 0 Å². The van der Waals surface area contributed by atoms with Crippen LogP contribution in [0.5, 0.6) is 11.5 Å². The van der Waals surface area contributed by atoms with E-state index in [1.165, 1.54) is 0 Å². The number of aryl methyl sites for hydroxylation is 1. The average Bonchev–Trinajstić information content (AvgIpc) is 3.22. The second-order valence-corrected chi connectivity index (χ2v) is 7.72. The van der Waals surface area contributed by atoms with Crippen LogP contribution in [0.15, 0.2) is 48.5 Å². The van der Waals surface area contributed by atoms with Gasteiger partial charge < -0.3 is 9.47 Å². The Labute approximate surface area is 175 Å². The fourth-order valence-corrected chi connectivity index (χ4v) is 4.02. The topological polar surface area (TPSA) is 59.3 Å². The summed E-state index contributed by atoms with van der Waals surface area (Å²) in [5, 5.41) is 9.45. The van der Waals surface area contributed by atoms with Crippen molar-refractivity contribution in [3.05, 3.63) is 59.7 Å². The van der Waals surface area contributed by atoms with Crippen LogP contribution in [0.2, 0.25) is 0 Å². The first-order chi connectivity index (χ1) is 14.0. The van der Waals surface area contributed by atoms with E-state index in [0.717, 1.165) is 32.9 Å². The summed E-state index contributed by atoms with van der Waals surface area (Å²) in [4.78, 5) is 13.7. The van der Waals surface area contributed by atoms with Crippen LogP contribution in [-0.4, -0.2) is 12.6 Å². The number of thiophene rings is 1. The number of hydrogen-bond acceptors (Lipinski definition) is 5. The number of hydrogen-bond donors (Lipinski definition) is 0. The SMILES string of the molecule is CCCOc1ccc(-c2ccc(-c3ccc(OC(=O)CC)cc3C)s2)cc1C#N. The summed E-state index contributed by atoms with van der Waals surface area (Å²) in [6.07, 6.45) is 1.25. The molecule has 0 saturated heterocycles. The fraction of sp³-hybridized carbons (Fsp3) is 0.250. The van der Waals surface area contributed by atoms with Crippen molar-refractivity contribution in [1.29, 1.82) is 5.26 Å². The van der Waals surface area contributed by atoms with Crippen molar-refractivity contribution in [3.63, 3.8) is 0 Å². The van der Waals surface area contributed by atoms with Crippen molar-refractivity contribution >= 4 is 17.3 Å². The molecule has 2 aromatic carbocycles. The van der Waals surface area contributed by atoms with Gasteiger partial charge in [0.25, 0.3) is 0 Å². The van der Waals surface area contributed by atoms with Gasteiger partial charge in [-0.2, -0.15) is 5.26 Å². The standard InChI is InChI=1S/C24H23NO3S/c1-4-12-27-21-9-6-17(14-18(21)15-25)22-10-11-23(29-22)20-8-7-19(13-16(20)3)28-24(26)5-2/h6-11,13-14H,4-5,12H2,1-3H3. The number of rotatable bonds is 7. The van der Waals surface area contributed by atoms with Gasteiger partial charge in [0.2, 0.25) is 0 Å². The normalized spacial score (nSPS) is 10.4. The lowest BCUT2D eigenvalue weighted by Gasteiger charge is -2.08. The molecule has 4 nitrogen and oxygen atoms in total. The predicted octanol–water partition coefficient (Wildman–Crippen LogP) is 6.37. The molecule has 0 aliphatic rings. The first-order valence-electron chi connectivity index (χ1n) is 9.64. The Morgan fingerprint density at radius 2 is 1.86 bits per heavy atom.